The van der Waals surface area contributed by atoms with Gasteiger partial charge in [-0.3, -0.25) is 9.78 Å². The molecular weight excluding hydrogens is 338 g/mol. The molecule has 0 atom stereocenters. The quantitative estimate of drug-likeness (QED) is 0.690. The number of hydrogen-bond acceptors (Lipinski definition) is 5. The highest BCUT2D eigenvalue weighted by Crippen LogP contribution is 2.22. The maximum absolute atomic E-state index is 13.2. The Balaban J connectivity index is 0.00000150. The van der Waals surface area contributed by atoms with Crippen LogP contribution in [0, 0.1) is 6.92 Å². The van der Waals surface area contributed by atoms with Gasteiger partial charge in [-0.25, -0.2) is 4.98 Å². The highest BCUT2D eigenvalue weighted by atomic mass is 16.1. The van der Waals surface area contributed by atoms with Crippen LogP contribution in [0.2, 0.25) is 0 Å². The highest BCUT2D eigenvalue weighted by Gasteiger charge is 2.18. The van der Waals surface area contributed by atoms with Crippen molar-refractivity contribution >= 4 is 11.6 Å². The molecule has 0 spiro atoms. The maximum atomic E-state index is 13.2. The summed E-state index contributed by atoms with van der Waals surface area (Å²) >= 11 is 0. The van der Waals surface area contributed by atoms with Crippen LogP contribution in [0.1, 0.15) is 32.4 Å². The van der Waals surface area contributed by atoms with Crippen LogP contribution in [0.15, 0.2) is 48.9 Å². The third-order valence-corrected chi connectivity index (χ3v) is 4.89. The summed E-state index contributed by atoms with van der Waals surface area (Å²) in [5.41, 5.74) is 3.69. The van der Waals surface area contributed by atoms with Crippen molar-refractivity contribution in [3.63, 3.8) is 0 Å². The van der Waals surface area contributed by atoms with Gasteiger partial charge in [0.2, 0.25) is 5.78 Å². The van der Waals surface area contributed by atoms with E-state index in [1.807, 2.05) is 43.6 Å². The summed E-state index contributed by atoms with van der Waals surface area (Å²) in [5.74, 6) is 0.768. The molecule has 0 aromatic carbocycles. The van der Waals surface area contributed by atoms with Gasteiger partial charge in [0, 0.05) is 64.9 Å². The summed E-state index contributed by atoms with van der Waals surface area (Å²) in [4.78, 5) is 27.5. The number of H-pyrrole nitrogens is 1. The Morgan fingerprint density at radius 2 is 2.11 bits per heavy atom. The molecule has 1 fully saturated rings. The molecule has 6 heteroatoms. The number of aryl methyl sites for hydroxylation is 1. The van der Waals surface area contributed by atoms with Gasteiger partial charge >= 0.3 is 0 Å². The fourth-order valence-corrected chi connectivity index (χ4v) is 3.36. The Morgan fingerprint density at radius 3 is 2.96 bits per heavy atom. The lowest BCUT2D eigenvalue weighted by atomic mass is 10.0. The van der Waals surface area contributed by atoms with E-state index in [2.05, 4.69) is 25.2 Å². The van der Waals surface area contributed by atoms with Crippen LogP contribution >= 0.6 is 0 Å². The van der Waals surface area contributed by atoms with Crippen LogP contribution in [0.4, 0.5) is 5.82 Å². The van der Waals surface area contributed by atoms with Crippen LogP contribution in [-0.2, 0) is 0 Å². The molecule has 2 N–H and O–H groups in total. The molecule has 1 aliphatic heterocycles. The minimum atomic E-state index is -0.0906. The number of pyridine rings is 2. The van der Waals surface area contributed by atoms with E-state index < -0.39 is 0 Å². The first-order valence-electron chi connectivity index (χ1n) is 9.29. The van der Waals surface area contributed by atoms with Crippen molar-refractivity contribution in [3.05, 3.63) is 65.9 Å². The van der Waals surface area contributed by atoms with E-state index in [1.165, 1.54) is 0 Å². The third-order valence-electron chi connectivity index (χ3n) is 4.89. The summed E-state index contributed by atoms with van der Waals surface area (Å²) in [5, 5.41) is 3.39. The number of anilines is 1. The van der Waals surface area contributed by atoms with Gasteiger partial charge in [-0.05, 0) is 44.2 Å². The first kappa shape index (κ1) is 17.4. The molecule has 0 aliphatic carbocycles. The standard InChI is InChI=1S/C21H23N5O.3H2/c1-15-18(12-17(14-24-15)16-6-8-23-13-16)21(27)19-4-2-5-20(25-19)26-10-3-7-22-9-11-26;;;/h2,4-6,8,12-14,22-23H,3,7,9-11H2,1H3;3*1H. The smallest absolute Gasteiger partial charge is 0.213 e. The van der Waals surface area contributed by atoms with E-state index >= 15 is 0 Å². The number of carbonyl (C=O) groups is 1. The van der Waals surface area contributed by atoms with Crippen molar-refractivity contribution in [3.8, 4) is 11.1 Å². The molecule has 0 amide bonds. The lowest BCUT2D eigenvalue weighted by Crippen LogP contribution is -2.29. The van der Waals surface area contributed by atoms with Crippen LogP contribution in [0.5, 0.6) is 0 Å². The van der Waals surface area contributed by atoms with Crippen molar-refractivity contribution < 1.29 is 9.07 Å². The molecular formula is C21H29N5O. The molecule has 4 heterocycles. The third kappa shape index (κ3) is 3.75. The first-order valence-corrected chi connectivity index (χ1v) is 9.29. The molecule has 144 valence electrons. The van der Waals surface area contributed by atoms with E-state index in [4.69, 9.17) is 0 Å². The first-order chi connectivity index (χ1) is 13.2. The van der Waals surface area contributed by atoms with Gasteiger partial charge in [0.25, 0.3) is 0 Å². The predicted molar refractivity (Wildman–Crippen MR) is 112 cm³/mol. The molecule has 4 rings (SSSR count). The molecule has 6 nitrogen and oxygen atoms in total. The highest BCUT2D eigenvalue weighted by molar-refractivity contribution is 6.09. The molecule has 3 aromatic heterocycles. The number of carbonyl (C=O) groups excluding carboxylic acids is 1. The van der Waals surface area contributed by atoms with Crippen LogP contribution in [0.25, 0.3) is 11.1 Å². The van der Waals surface area contributed by atoms with Gasteiger partial charge in [0.05, 0.1) is 0 Å². The van der Waals surface area contributed by atoms with E-state index in [1.54, 1.807) is 12.3 Å². The largest absolute Gasteiger partial charge is 0.367 e. The van der Waals surface area contributed by atoms with E-state index in [0.717, 1.165) is 49.5 Å². The van der Waals surface area contributed by atoms with Crippen molar-refractivity contribution in [1.82, 2.24) is 20.3 Å². The van der Waals surface area contributed by atoms with Crippen molar-refractivity contribution in [2.45, 2.75) is 13.3 Å². The zero-order valence-electron chi connectivity index (χ0n) is 15.4. The average molecular weight is 367 g/mol. The fraction of sp³-hybridized carbons (Fsp3) is 0.286. The maximum Gasteiger partial charge on any atom is 0.213 e. The summed E-state index contributed by atoms with van der Waals surface area (Å²) in [7, 11) is 0. The Labute approximate surface area is 163 Å². The van der Waals surface area contributed by atoms with Gasteiger partial charge in [0.15, 0.2) is 0 Å². The van der Waals surface area contributed by atoms with Gasteiger partial charge in [0.1, 0.15) is 11.5 Å². The number of ketones is 1. The van der Waals surface area contributed by atoms with E-state index in [-0.39, 0.29) is 10.1 Å². The SMILES string of the molecule is Cc1ncc(-c2cc[nH]c2)cc1C(=O)c1cccc(N2CCCNCC2)n1.[HH].[HH].[HH]. The number of nitrogens with zero attached hydrogens (tertiary/aromatic N) is 3. The van der Waals surface area contributed by atoms with Crippen molar-refractivity contribution in [1.29, 1.82) is 0 Å². The van der Waals surface area contributed by atoms with Crippen molar-refractivity contribution in [2.75, 3.05) is 31.1 Å². The van der Waals surface area contributed by atoms with Crippen molar-refractivity contribution in [2.24, 2.45) is 0 Å². The Kier molecular flexibility index (Phi) is 4.98. The molecule has 1 saturated heterocycles. The lowest BCUT2D eigenvalue weighted by Gasteiger charge is -2.21. The normalized spacial score (nSPS) is 14.8. The average Bonchev–Trinajstić information content (AvgIpc) is 3.10. The lowest BCUT2D eigenvalue weighted by molar-refractivity contribution is 0.103. The number of aromatic nitrogens is 3. The van der Waals surface area contributed by atoms with Gasteiger partial charge in [-0.15, -0.1) is 0 Å². The second-order valence-electron chi connectivity index (χ2n) is 6.76. The summed E-state index contributed by atoms with van der Waals surface area (Å²) in [6.07, 6.45) is 6.62. The molecule has 0 unspecified atom stereocenters. The second-order valence-corrected chi connectivity index (χ2v) is 6.76. The minimum absolute atomic E-state index is 0. The molecule has 3 aromatic rings. The predicted octanol–water partition coefficient (Wildman–Crippen LogP) is 3.55. The van der Waals surface area contributed by atoms with E-state index in [0.29, 0.717) is 17.0 Å². The molecule has 0 saturated carbocycles. The number of hydrogen-bond donors (Lipinski definition) is 2. The van der Waals surface area contributed by atoms with Crippen LogP contribution < -0.4 is 10.2 Å². The number of aromatic amines is 1. The monoisotopic (exact) mass is 367 g/mol. The number of nitrogens with one attached hydrogen (secondary N) is 2. The molecule has 27 heavy (non-hydrogen) atoms. The van der Waals surface area contributed by atoms with Gasteiger partial charge < -0.3 is 15.2 Å². The van der Waals surface area contributed by atoms with Gasteiger partial charge in [-0.2, -0.15) is 0 Å². The zero-order chi connectivity index (χ0) is 18.6. The Bertz CT molecular complexity index is 942. The molecule has 1 aliphatic rings. The minimum Gasteiger partial charge on any atom is -0.367 e. The second kappa shape index (κ2) is 7.72. The molecule has 0 radical (unpaired) electrons. The van der Waals surface area contributed by atoms with Crippen LogP contribution in [-0.4, -0.2) is 46.9 Å². The molecule has 0 bridgehead atoms. The Hall–Kier alpha value is -2.99. The van der Waals surface area contributed by atoms with E-state index in [9.17, 15) is 4.79 Å². The topological polar surface area (TPSA) is 73.9 Å². The summed E-state index contributed by atoms with van der Waals surface area (Å²) in [6, 6.07) is 9.53. The Morgan fingerprint density at radius 1 is 1.19 bits per heavy atom. The van der Waals surface area contributed by atoms with Crippen LogP contribution in [0.3, 0.4) is 0 Å². The summed E-state index contributed by atoms with van der Waals surface area (Å²) < 4.78 is 0. The fourth-order valence-electron chi connectivity index (χ4n) is 3.36. The zero-order valence-corrected chi connectivity index (χ0v) is 15.4. The number of rotatable bonds is 4. The van der Waals surface area contributed by atoms with Gasteiger partial charge in [-0.1, -0.05) is 6.07 Å². The summed E-state index contributed by atoms with van der Waals surface area (Å²) in [6.45, 7) is 5.65.